The Morgan fingerprint density at radius 3 is 2.48 bits per heavy atom. The Morgan fingerprint density at radius 2 is 1.84 bits per heavy atom. The molecule has 2 rings (SSSR count). The summed E-state index contributed by atoms with van der Waals surface area (Å²) in [5, 5.41) is 5.60. The molecule has 0 aliphatic carbocycles. The Balaban J connectivity index is 1.66. The summed E-state index contributed by atoms with van der Waals surface area (Å²) in [7, 11) is 1.66. The number of hydrazine groups is 1. The summed E-state index contributed by atoms with van der Waals surface area (Å²) in [5.41, 5.74) is 5.52. The lowest BCUT2D eigenvalue weighted by atomic mass is 10.3. The zero-order valence-electron chi connectivity index (χ0n) is 13.5. The highest BCUT2D eigenvalue weighted by atomic mass is 35.5. The van der Waals surface area contributed by atoms with Crippen molar-refractivity contribution in [3.05, 3.63) is 53.3 Å². The summed E-state index contributed by atoms with van der Waals surface area (Å²) in [6, 6.07) is 10.00. The normalized spacial score (nSPS) is 10.0. The molecule has 0 unspecified atom stereocenters. The van der Waals surface area contributed by atoms with Gasteiger partial charge in [0.1, 0.15) is 5.69 Å². The summed E-state index contributed by atoms with van der Waals surface area (Å²) in [6.07, 6.45) is 1.59. The molecule has 0 atom stereocenters. The second-order valence-electron chi connectivity index (χ2n) is 5.15. The molecule has 1 aromatic carbocycles. The van der Waals surface area contributed by atoms with E-state index in [1.165, 1.54) is 6.07 Å². The van der Waals surface area contributed by atoms with Gasteiger partial charge < -0.3 is 15.2 Å². The summed E-state index contributed by atoms with van der Waals surface area (Å²) in [6.45, 7) is 0.121. The van der Waals surface area contributed by atoms with E-state index in [-0.39, 0.29) is 13.0 Å². The van der Waals surface area contributed by atoms with Crippen molar-refractivity contribution in [3.63, 3.8) is 0 Å². The number of nitrogens with zero attached hydrogens (tertiary/aromatic N) is 1. The van der Waals surface area contributed by atoms with Gasteiger partial charge in [0.15, 0.2) is 0 Å². The van der Waals surface area contributed by atoms with Crippen LogP contribution in [0.2, 0.25) is 5.02 Å². The van der Waals surface area contributed by atoms with Gasteiger partial charge in [-0.3, -0.25) is 20.4 Å². The minimum atomic E-state index is -0.488. The molecule has 8 nitrogen and oxygen atoms in total. The number of aryl methyl sites for hydroxylation is 1. The van der Waals surface area contributed by atoms with Crippen molar-refractivity contribution in [1.29, 1.82) is 0 Å². The molecule has 0 fully saturated rings. The van der Waals surface area contributed by atoms with Gasteiger partial charge in [-0.2, -0.15) is 0 Å². The molecule has 0 saturated heterocycles. The standard InChI is InChI=1S/C16H18ClN5O3/c1-22-10-11(17)9-13(22)15(24)21-20-14(23)7-8-18-16(25)19-12-5-3-2-4-6-12/h2-6,9-10H,7-8H2,1H3,(H,20,23)(H,21,24)(H2,18,19,25). The van der Waals surface area contributed by atoms with E-state index in [1.807, 2.05) is 6.07 Å². The lowest BCUT2D eigenvalue weighted by Gasteiger charge is -2.09. The van der Waals surface area contributed by atoms with Gasteiger partial charge in [-0.1, -0.05) is 29.8 Å². The molecular formula is C16H18ClN5O3. The molecule has 2 aromatic rings. The van der Waals surface area contributed by atoms with Crippen LogP contribution in [0.4, 0.5) is 10.5 Å². The highest BCUT2D eigenvalue weighted by Crippen LogP contribution is 2.12. The number of para-hydroxylation sites is 1. The van der Waals surface area contributed by atoms with Gasteiger partial charge in [-0.05, 0) is 18.2 Å². The number of halogens is 1. The second kappa shape index (κ2) is 8.74. The molecule has 9 heteroatoms. The predicted octanol–water partition coefficient (Wildman–Crippen LogP) is 1.65. The number of carbonyl (C=O) groups is 3. The fourth-order valence-electron chi connectivity index (χ4n) is 1.99. The second-order valence-corrected chi connectivity index (χ2v) is 5.59. The molecule has 1 aromatic heterocycles. The van der Waals surface area contributed by atoms with E-state index in [0.717, 1.165) is 0 Å². The summed E-state index contributed by atoms with van der Waals surface area (Å²) in [5.74, 6) is -0.925. The summed E-state index contributed by atoms with van der Waals surface area (Å²) >= 11 is 5.79. The Labute approximate surface area is 149 Å². The number of amides is 4. The van der Waals surface area contributed by atoms with Crippen LogP contribution in [0.3, 0.4) is 0 Å². The number of aromatic nitrogens is 1. The van der Waals surface area contributed by atoms with Gasteiger partial charge in [-0.25, -0.2) is 4.79 Å². The number of urea groups is 1. The summed E-state index contributed by atoms with van der Waals surface area (Å²) < 4.78 is 1.54. The molecule has 0 saturated carbocycles. The first-order chi connectivity index (χ1) is 12.0. The molecule has 0 spiro atoms. The van der Waals surface area contributed by atoms with Crippen LogP contribution in [0.15, 0.2) is 42.6 Å². The van der Waals surface area contributed by atoms with Crippen LogP contribution in [0.25, 0.3) is 0 Å². The van der Waals surface area contributed by atoms with Crippen LogP contribution >= 0.6 is 11.6 Å². The first-order valence-corrected chi connectivity index (χ1v) is 7.84. The maximum atomic E-state index is 11.9. The third kappa shape index (κ3) is 5.85. The highest BCUT2D eigenvalue weighted by Gasteiger charge is 2.12. The molecule has 4 N–H and O–H groups in total. The Bertz CT molecular complexity index is 760. The van der Waals surface area contributed by atoms with Crippen LogP contribution in [0, 0.1) is 0 Å². The van der Waals surface area contributed by atoms with E-state index in [1.54, 1.807) is 42.1 Å². The van der Waals surface area contributed by atoms with Crippen molar-refractivity contribution in [1.82, 2.24) is 20.7 Å². The number of hydrogen-bond donors (Lipinski definition) is 4. The minimum absolute atomic E-state index is 0.0103. The lowest BCUT2D eigenvalue weighted by molar-refractivity contribution is -0.121. The number of benzene rings is 1. The van der Waals surface area contributed by atoms with Crippen LogP contribution in [0.1, 0.15) is 16.9 Å². The molecule has 0 aliphatic heterocycles. The third-order valence-corrected chi connectivity index (χ3v) is 3.40. The van der Waals surface area contributed by atoms with Crippen LogP contribution in [-0.4, -0.2) is 29.0 Å². The minimum Gasteiger partial charge on any atom is -0.345 e. The van der Waals surface area contributed by atoms with Crippen molar-refractivity contribution in [2.24, 2.45) is 7.05 Å². The molecule has 25 heavy (non-hydrogen) atoms. The van der Waals surface area contributed by atoms with Crippen LogP contribution in [-0.2, 0) is 11.8 Å². The average molecular weight is 364 g/mol. The third-order valence-electron chi connectivity index (χ3n) is 3.19. The van der Waals surface area contributed by atoms with E-state index in [0.29, 0.717) is 16.4 Å². The quantitative estimate of drug-likeness (QED) is 0.607. The first kappa shape index (κ1) is 18.3. The van der Waals surface area contributed by atoms with Gasteiger partial charge in [0.2, 0.25) is 5.91 Å². The highest BCUT2D eigenvalue weighted by molar-refractivity contribution is 6.31. The predicted molar refractivity (Wildman–Crippen MR) is 94.1 cm³/mol. The molecule has 132 valence electrons. The molecule has 0 aliphatic rings. The van der Waals surface area contributed by atoms with Crippen molar-refractivity contribution < 1.29 is 14.4 Å². The van der Waals surface area contributed by atoms with Crippen molar-refractivity contribution >= 4 is 35.1 Å². The molecule has 1 heterocycles. The molecule has 0 bridgehead atoms. The molecule has 0 radical (unpaired) electrons. The largest absolute Gasteiger partial charge is 0.345 e. The first-order valence-electron chi connectivity index (χ1n) is 7.46. The van der Waals surface area contributed by atoms with E-state index >= 15 is 0 Å². The molecule has 4 amide bonds. The van der Waals surface area contributed by atoms with E-state index in [4.69, 9.17) is 11.6 Å². The van der Waals surface area contributed by atoms with E-state index in [9.17, 15) is 14.4 Å². The fourth-order valence-corrected chi connectivity index (χ4v) is 2.24. The van der Waals surface area contributed by atoms with Gasteiger partial charge in [-0.15, -0.1) is 0 Å². The van der Waals surface area contributed by atoms with Crippen LogP contribution < -0.4 is 21.5 Å². The zero-order valence-corrected chi connectivity index (χ0v) is 14.3. The van der Waals surface area contributed by atoms with Crippen molar-refractivity contribution in [3.8, 4) is 0 Å². The van der Waals surface area contributed by atoms with Crippen molar-refractivity contribution in [2.75, 3.05) is 11.9 Å². The fraction of sp³-hybridized carbons (Fsp3) is 0.188. The monoisotopic (exact) mass is 363 g/mol. The zero-order chi connectivity index (χ0) is 18.2. The van der Waals surface area contributed by atoms with Gasteiger partial charge in [0, 0.05) is 31.9 Å². The van der Waals surface area contributed by atoms with Gasteiger partial charge >= 0.3 is 6.03 Å². The number of hydrogen-bond acceptors (Lipinski definition) is 3. The van der Waals surface area contributed by atoms with E-state index in [2.05, 4.69) is 21.5 Å². The topological polar surface area (TPSA) is 104 Å². The molecular weight excluding hydrogens is 346 g/mol. The number of nitrogens with one attached hydrogen (secondary N) is 4. The maximum absolute atomic E-state index is 11.9. The smallest absolute Gasteiger partial charge is 0.319 e. The Morgan fingerprint density at radius 1 is 1.12 bits per heavy atom. The Kier molecular flexibility index (Phi) is 6.41. The van der Waals surface area contributed by atoms with E-state index < -0.39 is 17.8 Å². The maximum Gasteiger partial charge on any atom is 0.319 e. The van der Waals surface area contributed by atoms with Gasteiger partial charge in [0.25, 0.3) is 5.91 Å². The van der Waals surface area contributed by atoms with Gasteiger partial charge in [0.05, 0.1) is 5.02 Å². The van der Waals surface area contributed by atoms with Crippen molar-refractivity contribution in [2.45, 2.75) is 6.42 Å². The van der Waals surface area contributed by atoms with Crippen LogP contribution in [0.5, 0.6) is 0 Å². The number of carbonyl (C=O) groups excluding carboxylic acids is 3. The average Bonchev–Trinajstić information content (AvgIpc) is 2.92. The Hall–Kier alpha value is -3.00. The lowest BCUT2D eigenvalue weighted by Crippen LogP contribution is -2.43. The summed E-state index contributed by atoms with van der Waals surface area (Å²) in [4.78, 5) is 35.2. The number of rotatable bonds is 5. The number of anilines is 1. The SMILES string of the molecule is Cn1cc(Cl)cc1C(=O)NNC(=O)CCNC(=O)Nc1ccccc1.